The number of hydrogen-bond acceptors (Lipinski definition) is 17. The van der Waals surface area contributed by atoms with Crippen LogP contribution in [0.25, 0.3) is 22.5 Å². The first-order valence-corrected chi connectivity index (χ1v) is 19.7. The second-order valence-electron chi connectivity index (χ2n) is 14.2. The van der Waals surface area contributed by atoms with E-state index in [0.29, 0.717) is 25.9 Å². The summed E-state index contributed by atoms with van der Waals surface area (Å²) in [4.78, 5) is 125. The lowest BCUT2D eigenvalue weighted by Gasteiger charge is -2.31. The number of carbonyl (C=O) groups excluding carboxylic acids is 7. The van der Waals surface area contributed by atoms with Crippen molar-refractivity contribution >= 4 is 52.8 Å². The van der Waals surface area contributed by atoms with Crippen molar-refractivity contribution < 1.29 is 81.8 Å². The molecule has 0 radical (unpaired) electrons. The third-order valence-corrected chi connectivity index (χ3v) is 10.1. The molecule has 1 spiro atoms. The van der Waals surface area contributed by atoms with Gasteiger partial charge in [0.2, 0.25) is 23.1 Å². The Balaban J connectivity index is 0.000000218. The number of ether oxygens (including phenoxy) is 6. The van der Waals surface area contributed by atoms with Crippen molar-refractivity contribution in [3.8, 4) is 22.5 Å². The number of rotatable bonds is 18. The predicted octanol–water partition coefficient (Wildman–Crippen LogP) is 4.23. The number of Topliss-reactive ketones (excluding diaryl/α,β-unsaturated/α-hetero) is 5. The number of aromatic amines is 2. The molecule has 1 fully saturated rings. The molecule has 338 valence electrons. The van der Waals surface area contributed by atoms with E-state index in [9.17, 15) is 48.3 Å². The first kappa shape index (κ1) is 46.9. The number of nitrogens with one attached hydrogen (secondary N) is 2. The first-order chi connectivity index (χ1) is 31.1. The van der Waals surface area contributed by atoms with Crippen LogP contribution in [0.1, 0.15) is 125 Å². The van der Waals surface area contributed by atoms with Crippen LogP contribution in [0.3, 0.4) is 0 Å². The Morgan fingerprint density at radius 2 is 1.25 bits per heavy atom. The molecule has 21 nitrogen and oxygen atoms in total. The van der Waals surface area contributed by atoms with Gasteiger partial charge in [-0.2, -0.15) is 0 Å². The maximum atomic E-state index is 13.7. The van der Waals surface area contributed by atoms with Crippen LogP contribution in [0.5, 0.6) is 0 Å². The molecule has 0 saturated carbocycles. The highest BCUT2D eigenvalue weighted by atomic mass is 16.7. The zero-order valence-corrected chi connectivity index (χ0v) is 34.9. The zero-order valence-electron chi connectivity index (χ0n) is 34.9. The topological polar surface area (TPSA) is 307 Å². The minimum absolute atomic E-state index is 0.0144. The molecule has 65 heavy (non-hydrogen) atoms. The Morgan fingerprint density at radius 3 is 1.78 bits per heavy atom. The van der Waals surface area contributed by atoms with Crippen molar-refractivity contribution in [1.29, 1.82) is 0 Å². The molecule has 0 aromatic carbocycles. The summed E-state index contributed by atoms with van der Waals surface area (Å²) >= 11 is 0. The van der Waals surface area contributed by atoms with Gasteiger partial charge < -0.3 is 48.6 Å². The highest BCUT2D eigenvalue weighted by Crippen LogP contribution is 2.47. The highest BCUT2D eigenvalue weighted by molar-refractivity contribution is 6.53. The smallest absolute Gasteiger partial charge is 0.354 e. The molecule has 7 rings (SSSR count). The van der Waals surface area contributed by atoms with Gasteiger partial charge >= 0.3 is 23.9 Å². The number of H-pyrrole nitrogens is 2. The normalized spacial score (nSPS) is 14.0. The van der Waals surface area contributed by atoms with Gasteiger partial charge in [-0.3, -0.25) is 24.0 Å². The number of hydrogen-bond donors (Lipinski definition) is 4. The molecule has 2 aliphatic carbocycles. The number of unbranched alkanes of at least 4 members (excludes halogenated alkanes) is 2. The second kappa shape index (κ2) is 19.8. The van der Waals surface area contributed by atoms with Crippen molar-refractivity contribution in [2.45, 2.75) is 31.5 Å². The largest absolute Gasteiger partial charge is 0.478 e. The summed E-state index contributed by atoms with van der Waals surface area (Å²) in [6, 6.07) is 4.56. The second-order valence-corrected chi connectivity index (χ2v) is 14.2. The molecule has 21 heteroatoms. The number of nitrogens with zero attached hydrogens (tertiary/aromatic N) is 2. The van der Waals surface area contributed by atoms with Gasteiger partial charge in [-0.25, -0.2) is 29.1 Å². The molecule has 3 aliphatic rings. The van der Waals surface area contributed by atoms with Crippen molar-refractivity contribution in [2.24, 2.45) is 0 Å². The minimum Gasteiger partial charge on any atom is -0.478 e. The van der Waals surface area contributed by atoms with E-state index in [1.165, 1.54) is 26.4 Å². The van der Waals surface area contributed by atoms with Crippen LogP contribution in [0.4, 0.5) is 0 Å². The van der Waals surface area contributed by atoms with Gasteiger partial charge in [0.15, 0.2) is 0 Å². The van der Waals surface area contributed by atoms with Crippen LogP contribution in [0.15, 0.2) is 49.6 Å². The van der Waals surface area contributed by atoms with Gasteiger partial charge in [-0.05, 0) is 49.9 Å². The van der Waals surface area contributed by atoms with E-state index in [4.69, 9.17) is 33.5 Å². The van der Waals surface area contributed by atoms with E-state index < -0.39 is 75.5 Å². The fourth-order valence-corrected chi connectivity index (χ4v) is 7.07. The Kier molecular flexibility index (Phi) is 14.3. The van der Waals surface area contributed by atoms with Crippen LogP contribution in [-0.2, 0) is 34.2 Å². The summed E-state index contributed by atoms with van der Waals surface area (Å²) < 4.78 is 31.7. The summed E-state index contributed by atoms with van der Waals surface area (Å²) in [7, 11) is 2.38. The van der Waals surface area contributed by atoms with Gasteiger partial charge in [0.1, 0.15) is 47.4 Å². The molecule has 0 amide bonds. The van der Waals surface area contributed by atoms with Crippen molar-refractivity contribution in [3.05, 3.63) is 106 Å². The number of esters is 2. The standard InChI is InChI=1S/C24H24N2O9.C20H16N2O8/c1-4-5-6-7-33-12-17(27)15-10-13(22(29)31-2)18-19-14(11-16(26-19)23(30)32-3)24(34-8-9-35-24)21(28)20(18)25-15;1-2-3-4-5-30-8-13(23)11-6-9(19(26)27)14-15-10(7-12(22-15)20(28)29)17(24)18(25)16(14)21-11/h4,10-11,26H,1,5-9,12H2,2-3H3;2,6-7,22H,1,3-5,8H2,(H,26,27)(H,28,29). The predicted molar refractivity (Wildman–Crippen MR) is 220 cm³/mol. The summed E-state index contributed by atoms with van der Waals surface area (Å²) in [6.45, 7) is 7.34. The molecule has 4 N–H and O–H groups in total. The number of aromatic carboxylic acids is 2. The first-order valence-electron chi connectivity index (χ1n) is 19.7. The van der Waals surface area contributed by atoms with E-state index in [1.54, 1.807) is 12.2 Å². The van der Waals surface area contributed by atoms with Crippen molar-refractivity contribution in [2.75, 3.05) is 53.9 Å². The molecule has 0 atom stereocenters. The number of methoxy groups -OCH3 is 2. The van der Waals surface area contributed by atoms with E-state index in [-0.39, 0.29) is 95.0 Å². The number of carbonyl (C=O) groups is 9. The number of allylic oxidation sites excluding steroid dienone is 2. The van der Waals surface area contributed by atoms with Gasteiger partial charge in [0.25, 0.3) is 11.6 Å². The van der Waals surface area contributed by atoms with E-state index in [0.717, 1.165) is 18.6 Å². The van der Waals surface area contributed by atoms with Crippen LogP contribution >= 0.6 is 0 Å². The number of fused-ring (bicyclic) bond motifs is 7. The van der Waals surface area contributed by atoms with Gasteiger partial charge in [-0.1, -0.05) is 12.2 Å². The van der Waals surface area contributed by atoms with Gasteiger partial charge in [-0.15, -0.1) is 13.2 Å². The Morgan fingerprint density at radius 1 is 0.708 bits per heavy atom. The van der Waals surface area contributed by atoms with Crippen LogP contribution in [0.2, 0.25) is 0 Å². The van der Waals surface area contributed by atoms with Crippen molar-refractivity contribution in [3.63, 3.8) is 0 Å². The fraction of sp³-hybridized carbons (Fsp3) is 0.295. The number of carboxylic acids is 2. The van der Waals surface area contributed by atoms with E-state index in [1.807, 2.05) is 0 Å². The molecular formula is C44H40N4O17. The lowest BCUT2D eigenvalue weighted by molar-refractivity contribution is -0.126. The Hall–Kier alpha value is -7.59. The van der Waals surface area contributed by atoms with Crippen LogP contribution in [-0.4, -0.2) is 137 Å². The molecule has 0 bridgehead atoms. The quantitative estimate of drug-likeness (QED) is 0.0357. The summed E-state index contributed by atoms with van der Waals surface area (Å²) in [5.74, 6) is -10.3. The van der Waals surface area contributed by atoms with Gasteiger partial charge in [0, 0.05) is 29.9 Å². The fourth-order valence-electron chi connectivity index (χ4n) is 7.07. The molecular weight excluding hydrogens is 856 g/mol. The Labute approximate surface area is 367 Å². The maximum Gasteiger partial charge on any atom is 0.354 e. The number of ketones is 5. The lowest BCUT2D eigenvalue weighted by atomic mass is 9.84. The third kappa shape index (κ3) is 9.11. The zero-order chi connectivity index (χ0) is 47.2. The summed E-state index contributed by atoms with van der Waals surface area (Å²) in [5, 5.41) is 18.8. The number of carboxylic acid groups (broad SMARTS) is 2. The summed E-state index contributed by atoms with van der Waals surface area (Å²) in [5.41, 5.74) is -2.35. The van der Waals surface area contributed by atoms with E-state index in [2.05, 4.69) is 33.1 Å². The third-order valence-electron chi connectivity index (χ3n) is 10.1. The summed E-state index contributed by atoms with van der Waals surface area (Å²) in [6.07, 6.45) is 6.21. The Bertz CT molecular complexity index is 2680. The molecule has 1 aliphatic heterocycles. The lowest BCUT2D eigenvalue weighted by Crippen LogP contribution is -2.41. The molecule has 1 saturated heterocycles. The monoisotopic (exact) mass is 896 g/mol. The maximum absolute atomic E-state index is 13.7. The average Bonchev–Trinajstić information content (AvgIpc) is 4.09. The van der Waals surface area contributed by atoms with Crippen LogP contribution in [0, 0.1) is 0 Å². The number of aromatic nitrogens is 4. The average molecular weight is 897 g/mol. The van der Waals surface area contributed by atoms with Crippen molar-refractivity contribution in [1.82, 2.24) is 19.9 Å². The molecule has 4 aromatic heterocycles. The van der Waals surface area contributed by atoms with E-state index >= 15 is 0 Å². The van der Waals surface area contributed by atoms with Gasteiger partial charge in [0.05, 0.1) is 55.5 Å². The SMILES string of the molecule is C=CCCCOCC(=O)c1cc(C(=O)O)c2c(n1)C(=O)C(=O)c1cc(C(=O)O)[nH]c1-2.C=CCCCOCC(=O)c1cc(C(=O)OC)c2c(n1)C(=O)C1(OCCO1)c1cc(C(=O)OC)[nH]c1-2. The molecule has 4 aromatic rings. The number of pyridine rings is 2. The molecule has 0 unspecified atom stereocenters. The minimum atomic E-state index is -1.88. The van der Waals surface area contributed by atoms with Crippen LogP contribution < -0.4 is 0 Å². The highest BCUT2D eigenvalue weighted by Gasteiger charge is 2.55. The molecule has 5 heterocycles.